The van der Waals surface area contributed by atoms with Gasteiger partial charge in [-0.1, -0.05) is 0 Å². The van der Waals surface area contributed by atoms with Crippen LogP contribution in [0.3, 0.4) is 0 Å². The Bertz CT molecular complexity index is 917. The second-order valence-electron chi connectivity index (χ2n) is 9.31. The lowest BCUT2D eigenvalue weighted by Gasteiger charge is -2.27. The van der Waals surface area contributed by atoms with Crippen molar-refractivity contribution < 1.29 is 14.3 Å². The second kappa shape index (κ2) is 6.18. The van der Waals surface area contributed by atoms with Crippen LogP contribution < -0.4 is 5.32 Å². The van der Waals surface area contributed by atoms with Gasteiger partial charge in [-0.2, -0.15) is 0 Å². The molecule has 1 unspecified atom stereocenters. The third-order valence-electron chi connectivity index (χ3n) is 5.48. The Morgan fingerprint density at radius 1 is 1.18 bits per heavy atom. The first-order chi connectivity index (χ1) is 13.1. The Hall–Kier alpha value is -2.64. The van der Waals surface area contributed by atoms with Crippen molar-refractivity contribution in [1.29, 1.82) is 0 Å². The molecule has 3 heterocycles. The third kappa shape index (κ3) is 3.31. The maximum absolute atomic E-state index is 12.9. The monoisotopic (exact) mass is 385 g/mol. The lowest BCUT2D eigenvalue weighted by Crippen LogP contribution is -2.45. The summed E-state index contributed by atoms with van der Waals surface area (Å²) in [5.74, 6) is 1.13. The summed E-state index contributed by atoms with van der Waals surface area (Å²) in [7, 11) is 0. The summed E-state index contributed by atoms with van der Waals surface area (Å²) in [6, 6.07) is 1.88. The van der Waals surface area contributed by atoms with Crippen molar-refractivity contribution in [2.45, 2.75) is 45.8 Å². The highest BCUT2D eigenvalue weighted by molar-refractivity contribution is 5.84. The predicted molar refractivity (Wildman–Crippen MR) is 102 cm³/mol. The number of carbonyl (C=O) groups is 2. The molecule has 1 N–H and O–H groups in total. The summed E-state index contributed by atoms with van der Waals surface area (Å²) in [6.07, 6.45) is 4.90. The number of aromatic nitrogens is 3. The van der Waals surface area contributed by atoms with Crippen LogP contribution in [0.1, 0.15) is 40.4 Å². The minimum Gasteiger partial charge on any atom is -0.444 e. The number of ether oxygens (including phenoxy) is 1. The van der Waals surface area contributed by atoms with E-state index in [9.17, 15) is 9.59 Å². The topological polar surface area (TPSA) is 88.8 Å². The molecule has 28 heavy (non-hydrogen) atoms. The summed E-state index contributed by atoms with van der Waals surface area (Å²) in [6.45, 7) is 10.6. The van der Waals surface area contributed by atoms with Crippen LogP contribution in [0.4, 0.5) is 4.79 Å². The van der Waals surface area contributed by atoms with Crippen molar-refractivity contribution >= 4 is 17.5 Å². The second-order valence-corrected chi connectivity index (χ2v) is 9.31. The first-order valence-electron chi connectivity index (χ1n) is 9.64. The Morgan fingerprint density at radius 3 is 2.50 bits per heavy atom. The number of hydrogen-bond donors (Lipinski definition) is 1. The largest absolute Gasteiger partial charge is 0.444 e. The van der Waals surface area contributed by atoms with E-state index in [4.69, 9.17) is 4.74 Å². The van der Waals surface area contributed by atoms with Crippen LogP contribution in [0.15, 0.2) is 24.8 Å². The van der Waals surface area contributed by atoms with Crippen molar-refractivity contribution in [3.05, 3.63) is 30.6 Å². The van der Waals surface area contributed by atoms with Gasteiger partial charge in [0.25, 0.3) is 0 Å². The lowest BCUT2D eigenvalue weighted by molar-refractivity contribution is -0.125. The predicted octanol–water partition coefficient (Wildman–Crippen LogP) is 2.19. The van der Waals surface area contributed by atoms with Crippen LogP contribution in [-0.4, -0.2) is 50.0 Å². The molecular weight excluding hydrogens is 358 g/mol. The number of nitrogens with zero attached hydrogens (tertiary/aromatic N) is 4. The molecule has 2 aromatic rings. The minimum absolute atomic E-state index is 0.0180. The molecule has 1 aliphatic heterocycles. The van der Waals surface area contributed by atoms with E-state index in [1.165, 1.54) is 0 Å². The maximum Gasteiger partial charge on any atom is 0.410 e. The maximum atomic E-state index is 12.9. The van der Waals surface area contributed by atoms with Crippen molar-refractivity contribution in [3.8, 4) is 0 Å². The number of nitrogens with one attached hydrogen (secondary N) is 1. The molecule has 150 valence electrons. The zero-order valence-corrected chi connectivity index (χ0v) is 17.0. The number of amides is 2. The SMILES string of the molecule is CC(C)(C)OC(=O)N1C[C@@H]2C(C(=O)NC(C)(C)c3ncc4ccncn34)[C@@H]2C1. The van der Waals surface area contributed by atoms with E-state index in [0.717, 1.165) is 11.3 Å². The molecule has 8 heteroatoms. The molecule has 8 nitrogen and oxygen atoms in total. The van der Waals surface area contributed by atoms with Crippen LogP contribution in [0.5, 0.6) is 0 Å². The van der Waals surface area contributed by atoms with E-state index < -0.39 is 11.1 Å². The first kappa shape index (κ1) is 18.7. The Labute approximate surface area is 164 Å². The molecule has 3 atom stereocenters. The molecule has 2 amide bonds. The average molecular weight is 385 g/mol. The van der Waals surface area contributed by atoms with Crippen LogP contribution in [0.25, 0.3) is 5.52 Å². The van der Waals surface area contributed by atoms with Crippen molar-refractivity contribution in [2.75, 3.05) is 13.1 Å². The van der Waals surface area contributed by atoms with Gasteiger partial charge in [-0.05, 0) is 52.5 Å². The highest BCUT2D eigenvalue weighted by Crippen LogP contribution is 2.52. The van der Waals surface area contributed by atoms with E-state index in [-0.39, 0.29) is 29.8 Å². The molecular formula is C20H27N5O3. The molecule has 2 aromatic heterocycles. The number of likely N-dealkylation sites (tertiary alicyclic amines) is 1. The fourth-order valence-corrected chi connectivity index (χ4v) is 4.14. The summed E-state index contributed by atoms with van der Waals surface area (Å²) in [5, 5.41) is 3.14. The normalized spacial score (nSPS) is 24.2. The molecule has 0 radical (unpaired) electrons. The molecule has 0 spiro atoms. The standard InChI is InChI=1S/C20H27N5O3/c1-19(2,3)28-18(27)24-9-13-14(10-24)15(13)16(26)23-20(4,5)17-22-8-12-6-7-21-11-25(12)17/h6-8,11,13-15H,9-10H2,1-5H3,(H,23,26)/t13-,14+,15?. The van der Waals surface area contributed by atoms with E-state index in [2.05, 4.69) is 15.3 Å². The number of rotatable bonds is 3. The van der Waals surface area contributed by atoms with E-state index in [1.807, 2.05) is 45.1 Å². The molecule has 0 bridgehead atoms. The molecule has 4 rings (SSSR count). The molecule has 1 saturated heterocycles. The van der Waals surface area contributed by atoms with Gasteiger partial charge in [-0.15, -0.1) is 0 Å². The average Bonchev–Trinajstić information content (AvgIpc) is 2.96. The van der Waals surface area contributed by atoms with Gasteiger partial charge in [0.05, 0.1) is 17.3 Å². The summed E-state index contributed by atoms with van der Waals surface area (Å²) < 4.78 is 7.31. The summed E-state index contributed by atoms with van der Waals surface area (Å²) in [5.41, 5.74) is -0.204. The molecule has 2 fully saturated rings. The zero-order chi connectivity index (χ0) is 20.3. The summed E-state index contributed by atoms with van der Waals surface area (Å²) in [4.78, 5) is 35.4. The van der Waals surface area contributed by atoms with E-state index >= 15 is 0 Å². The Kier molecular flexibility index (Phi) is 4.13. The van der Waals surface area contributed by atoms with Gasteiger partial charge in [0.15, 0.2) is 0 Å². The van der Waals surface area contributed by atoms with Crippen molar-refractivity contribution in [3.63, 3.8) is 0 Å². The molecule has 1 saturated carbocycles. The Morgan fingerprint density at radius 2 is 1.86 bits per heavy atom. The number of piperidine rings is 1. The van der Waals surface area contributed by atoms with Gasteiger partial charge in [-0.25, -0.2) is 14.8 Å². The summed E-state index contributed by atoms with van der Waals surface area (Å²) >= 11 is 0. The van der Waals surface area contributed by atoms with Gasteiger partial charge in [0, 0.05) is 25.2 Å². The van der Waals surface area contributed by atoms with Gasteiger partial charge in [0.2, 0.25) is 5.91 Å². The number of carbonyl (C=O) groups excluding carboxylic acids is 2. The highest BCUT2D eigenvalue weighted by Gasteiger charge is 2.61. The van der Waals surface area contributed by atoms with Crippen molar-refractivity contribution in [2.24, 2.45) is 17.8 Å². The molecule has 1 aliphatic carbocycles. The fraction of sp³-hybridized carbons (Fsp3) is 0.600. The van der Waals surface area contributed by atoms with Gasteiger partial charge in [-0.3, -0.25) is 9.20 Å². The lowest BCUT2D eigenvalue weighted by atomic mass is 10.0. The highest BCUT2D eigenvalue weighted by atomic mass is 16.6. The third-order valence-corrected chi connectivity index (χ3v) is 5.48. The van der Waals surface area contributed by atoms with Gasteiger partial charge in [0.1, 0.15) is 17.8 Å². The van der Waals surface area contributed by atoms with E-state index in [0.29, 0.717) is 13.1 Å². The van der Waals surface area contributed by atoms with Gasteiger partial charge < -0.3 is 15.0 Å². The van der Waals surface area contributed by atoms with Crippen LogP contribution >= 0.6 is 0 Å². The Balaban J connectivity index is 1.38. The number of fused-ring (bicyclic) bond motifs is 2. The smallest absolute Gasteiger partial charge is 0.410 e. The van der Waals surface area contributed by atoms with E-state index in [1.54, 1.807) is 23.6 Å². The number of hydrogen-bond acceptors (Lipinski definition) is 5. The van der Waals surface area contributed by atoms with Crippen LogP contribution in [0, 0.1) is 17.8 Å². The fourth-order valence-electron chi connectivity index (χ4n) is 4.14. The molecule has 0 aromatic carbocycles. The van der Waals surface area contributed by atoms with Crippen LogP contribution in [0.2, 0.25) is 0 Å². The zero-order valence-electron chi connectivity index (χ0n) is 17.0. The number of imidazole rings is 1. The first-order valence-corrected chi connectivity index (χ1v) is 9.64. The van der Waals surface area contributed by atoms with Crippen molar-refractivity contribution in [1.82, 2.24) is 24.6 Å². The molecule has 2 aliphatic rings. The van der Waals surface area contributed by atoms with Crippen LogP contribution in [-0.2, 0) is 15.1 Å². The quantitative estimate of drug-likeness (QED) is 0.875. The van der Waals surface area contributed by atoms with Gasteiger partial charge >= 0.3 is 6.09 Å². The minimum atomic E-state index is -0.631.